The highest BCUT2D eigenvalue weighted by Gasteiger charge is 2.18. The Labute approximate surface area is 119 Å². The zero-order chi connectivity index (χ0) is 14.4. The molecule has 1 aliphatic heterocycles. The Hall–Kier alpha value is -1.22. The first-order valence-electron chi connectivity index (χ1n) is 6.60. The van der Waals surface area contributed by atoms with Gasteiger partial charge < -0.3 is 10.5 Å². The van der Waals surface area contributed by atoms with Gasteiger partial charge in [-0.15, -0.1) is 0 Å². The molecule has 8 heteroatoms. The van der Waals surface area contributed by atoms with Crippen molar-refractivity contribution in [3.8, 4) is 0 Å². The lowest BCUT2D eigenvalue weighted by molar-refractivity contribution is 0.0376. The molecular formula is C12H20N4O3S. The molecule has 0 unspecified atom stereocenters. The first-order valence-corrected chi connectivity index (χ1v) is 8.08. The average molecular weight is 300 g/mol. The number of morpholine rings is 1. The molecule has 0 aromatic carbocycles. The fraction of sp³-hybridized carbons (Fsp3) is 0.583. The number of hydrogen-bond donors (Lipinski definition) is 2. The molecule has 20 heavy (non-hydrogen) atoms. The Morgan fingerprint density at radius 1 is 1.40 bits per heavy atom. The van der Waals surface area contributed by atoms with Crippen LogP contribution in [-0.2, 0) is 14.8 Å². The van der Waals surface area contributed by atoms with Crippen LogP contribution in [-0.4, -0.2) is 57.7 Å². The number of nitrogens with two attached hydrogens (primary N) is 1. The predicted molar refractivity (Wildman–Crippen MR) is 75.7 cm³/mol. The van der Waals surface area contributed by atoms with Gasteiger partial charge in [-0.05, 0) is 25.1 Å². The average Bonchev–Trinajstić information content (AvgIpc) is 2.45. The third-order valence-electron chi connectivity index (χ3n) is 3.10. The van der Waals surface area contributed by atoms with Gasteiger partial charge in [0.1, 0.15) is 0 Å². The van der Waals surface area contributed by atoms with Crippen molar-refractivity contribution in [1.82, 2.24) is 14.6 Å². The van der Waals surface area contributed by atoms with E-state index in [2.05, 4.69) is 14.6 Å². The van der Waals surface area contributed by atoms with Crippen molar-refractivity contribution in [2.75, 3.05) is 45.1 Å². The number of nitrogen functional groups attached to an aromatic ring is 1. The Balaban J connectivity index is 1.79. The van der Waals surface area contributed by atoms with Crippen molar-refractivity contribution >= 4 is 15.7 Å². The van der Waals surface area contributed by atoms with Gasteiger partial charge in [0, 0.05) is 25.8 Å². The zero-order valence-corrected chi connectivity index (χ0v) is 12.1. The molecule has 0 spiro atoms. The number of anilines is 1. The highest BCUT2D eigenvalue weighted by atomic mass is 32.2. The standard InChI is InChI=1S/C12H20N4O3S/c13-11-3-1-4-14-12(11)20(17,18)15-5-2-6-16-7-9-19-10-8-16/h1,3-4,15H,2,5-10,13H2. The van der Waals surface area contributed by atoms with Gasteiger partial charge in [0.05, 0.1) is 18.9 Å². The topological polar surface area (TPSA) is 97.5 Å². The van der Waals surface area contributed by atoms with Gasteiger partial charge >= 0.3 is 0 Å². The maximum Gasteiger partial charge on any atom is 0.260 e. The molecule has 1 saturated heterocycles. The second kappa shape index (κ2) is 6.98. The first-order chi connectivity index (χ1) is 9.59. The molecule has 112 valence electrons. The summed E-state index contributed by atoms with van der Waals surface area (Å²) in [6, 6.07) is 3.13. The van der Waals surface area contributed by atoms with Crippen LogP contribution in [0, 0.1) is 0 Å². The van der Waals surface area contributed by atoms with Gasteiger partial charge in [0.2, 0.25) is 0 Å². The molecule has 0 saturated carbocycles. The molecule has 1 aliphatic rings. The van der Waals surface area contributed by atoms with Crippen molar-refractivity contribution < 1.29 is 13.2 Å². The third kappa shape index (κ3) is 4.14. The highest BCUT2D eigenvalue weighted by molar-refractivity contribution is 7.89. The van der Waals surface area contributed by atoms with Crippen LogP contribution in [0.1, 0.15) is 6.42 Å². The molecule has 0 amide bonds. The van der Waals surface area contributed by atoms with Crippen molar-refractivity contribution in [1.29, 1.82) is 0 Å². The van der Waals surface area contributed by atoms with E-state index in [9.17, 15) is 8.42 Å². The first kappa shape index (κ1) is 15.2. The van der Waals surface area contributed by atoms with E-state index in [1.165, 1.54) is 12.3 Å². The molecule has 0 aliphatic carbocycles. The smallest absolute Gasteiger partial charge is 0.260 e. The molecule has 0 radical (unpaired) electrons. The summed E-state index contributed by atoms with van der Waals surface area (Å²) in [4.78, 5) is 6.07. The molecular weight excluding hydrogens is 280 g/mol. The largest absolute Gasteiger partial charge is 0.396 e. The van der Waals surface area contributed by atoms with Gasteiger partial charge in [-0.1, -0.05) is 0 Å². The Morgan fingerprint density at radius 2 is 2.15 bits per heavy atom. The quantitative estimate of drug-likeness (QED) is 0.698. The molecule has 7 nitrogen and oxygen atoms in total. The number of rotatable bonds is 6. The zero-order valence-electron chi connectivity index (χ0n) is 11.3. The lowest BCUT2D eigenvalue weighted by Gasteiger charge is -2.26. The minimum Gasteiger partial charge on any atom is -0.396 e. The SMILES string of the molecule is Nc1cccnc1S(=O)(=O)NCCCN1CCOCC1. The summed E-state index contributed by atoms with van der Waals surface area (Å²) in [6.45, 7) is 4.52. The van der Waals surface area contributed by atoms with E-state index >= 15 is 0 Å². The van der Waals surface area contributed by atoms with Gasteiger partial charge in [-0.2, -0.15) is 0 Å². The van der Waals surface area contributed by atoms with Crippen LogP contribution in [0.15, 0.2) is 23.4 Å². The van der Waals surface area contributed by atoms with Gasteiger partial charge in [-0.3, -0.25) is 4.90 Å². The van der Waals surface area contributed by atoms with Crippen LogP contribution >= 0.6 is 0 Å². The fourth-order valence-electron chi connectivity index (χ4n) is 2.03. The Bertz CT molecular complexity index is 529. The summed E-state index contributed by atoms with van der Waals surface area (Å²) in [7, 11) is -3.62. The third-order valence-corrected chi connectivity index (χ3v) is 4.54. The number of ether oxygens (including phenoxy) is 1. The molecule has 0 bridgehead atoms. The van der Waals surface area contributed by atoms with E-state index in [1.54, 1.807) is 6.07 Å². The summed E-state index contributed by atoms with van der Waals surface area (Å²) >= 11 is 0. The second-order valence-electron chi connectivity index (χ2n) is 4.60. The van der Waals surface area contributed by atoms with Crippen molar-refractivity contribution in [2.24, 2.45) is 0 Å². The number of nitrogens with one attached hydrogen (secondary N) is 1. The van der Waals surface area contributed by atoms with Crippen LogP contribution in [0.25, 0.3) is 0 Å². The molecule has 1 aromatic rings. The van der Waals surface area contributed by atoms with Crippen molar-refractivity contribution in [3.05, 3.63) is 18.3 Å². The van der Waals surface area contributed by atoms with Crippen LogP contribution < -0.4 is 10.5 Å². The maximum atomic E-state index is 12.0. The fourth-order valence-corrected chi connectivity index (χ4v) is 3.16. The van der Waals surface area contributed by atoms with Crippen LogP contribution in [0.2, 0.25) is 0 Å². The molecule has 0 atom stereocenters. The summed E-state index contributed by atoms with van der Waals surface area (Å²) in [5.74, 6) is 0. The number of sulfonamides is 1. The summed E-state index contributed by atoms with van der Waals surface area (Å²) in [5.41, 5.74) is 5.78. The van der Waals surface area contributed by atoms with E-state index in [1.807, 2.05) is 0 Å². The molecule has 2 rings (SSSR count). The highest BCUT2D eigenvalue weighted by Crippen LogP contribution is 2.13. The molecule has 3 N–H and O–H groups in total. The van der Waals surface area contributed by atoms with E-state index in [4.69, 9.17) is 10.5 Å². The van der Waals surface area contributed by atoms with Gasteiger partial charge in [0.15, 0.2) is 5.03 Å². The van der Waals surface area contributed by atoms with E-state index in [0.29, 0.717) is 6.54 Å². The van der Waals surface area contributed by atoms with E-state index in [0.717, 1.165) is 39.3 Å². The Morgan fingerprint density at radius 3 is 2.85 bits per heavy atom. The Kier molecular flexibility index (Phi) is 5.30. The maximum absolute atomic E-state index is 12.0. The lowest BCUT2D eigenvalue weighted by Crippen LogP contribution is -2.38. The van der Waals surface area contributed by atoms with E-state index < -0.39 is 10.0 Å². The minimum absolute atomic E-state index is 0.105. The number of hydrogen-bond acceptors (Lipinski definition) is 6. The predicted octanol–water partition coefficient (Wildman–Crippen LogP) is -0.336. The van der Waals surface area contributed by atoms with Crippen LogP contribution in [0.3, 0.4) is 0 Å². The summed E-state index contributed by atoms with van der Waals surface area (Å²) in [5, 5.41) is -0.105. The molecule has 1 fully saturated rings. The molecule has 2 heterocycles. The second-order valence-corrected chi connectivity index (χ2v) is 6.29. The van der Waals surface area contributed by atoms with Gasteiger partial charge in [0.25, 0.3) is 10.0 Å². The van der Waals surface area contributed by atoms with Crippen LogP contribution in [0.5, 0.6) is 0 Å². The number of pyridine rings is 1. The lowest BCUT2D eigenvalue weighted by atomic mass is 10.3. The van der Waals surface area contributed by atoms with Gasteiger partial charge in [-0.25, -0.2) is 18.1 Å². The molecule has 1 aromatic heterocycles. The van der Waals surface area contributed by atoms with Crippen LogP contribution in [0.4, 0.5) is 5.69 Å². The van der Waals surface area contributed by atoms with Crippen molar-refractivity contribution in [3.63, 3.8) is 0 Å². The summed E-state index contributed by atoms with van der Waals surface area (Å²) in [6.07, 6.45) is 2.16. The number of aromatic nitrogens is 1. The van der Waals surface area contributed by atoms with Crippen molar-refractivity contribution in [2.45, 2.75) is 11.4 Å². The van der Waals surface area contributed by atoms with E-state index in [-0.39, 0.29) is 10.7 Å². The monoisotopic (exact) mass is 300 g/mol. The summed E-state index contributed by atoms with van der Waals surface area (Å²) < 4.78 is 31.8. The number of nitrogens with zero attached hydrogens (tertiary/aromatic N) is 2. The minimum atomic E-state index is -3.62. The normalized spacial score (nSPS) is 17.2.